The van der Waals surface area contributed by atoms with Crippen LogP contribution in [0, 0.1) is 6.92 Å². The smallest absolute Gasteiger partial charge is 0.388 e. The Morgan fingerprint density at radius 3 is 2.41 bits per heavy atom. The van der Waals surface area contributed by atoms with Crippen LogP contribution < -0.4 is 10.2 Å². The van der Waals surface area contributed by atoms with E-state index in [2.05, 4.69) is 20.0 Å². The van der Waals surface area contributed by atoms with Crippen LogP contribution in [0.1, 0.15) is 5.56 Å². The molecule has 0 bridgehead atoms. The highest BCUT2D eigenvalue weighted by molar-refractivity contribution is 5.57. The highest BCUT2D eigenvalue weighted by atomic mass is 19.3. The second-order valence-electron chi connectivity index (χ2n) is 7.37. The fraction of sp³-hybridized carbons (Fsp3) is 0.0833. The number of hydrogen-bond donors (Lipinski definition) is 0. The first-order chi connectivity index (χ1) is 16.5. The van der Waals surface area contributed by atoms with Crippen LogP contribution in [-0.4, -0.2) is 36.0 Å². The zero-order valence-electron chi connectivity index (χ0n) is 17.9. The maximum atomic E-state index is 12.7. The van der Waals surface area contributed by atoms with Crippen molar-refractivity contribution in [2.24, 2.45) is 0 Å². The van der Waals surface area contributed by atoms with E-state index in [-0.39, 0.29) is 17.0 Å². The molecule has 3 aromatic heterocycles. The summed E-state index contributed by atoms with van der Waals surface area (Å²) in [6, 6.07) is 19.3. The van der Waals surface area contributed by atoms with Gasteiger partial charge in [0.15, 0.2) is 5.69 Å². The number of para-hydroxylation sites is 1. The fourth-order valence-electron chi connectivity index (χ4n) is 3.67. The Morgan fingerprint density at radius 2 is 1.65 bits per heavy atom. The molecular formula is C24H18F2N6O2. The molecule has 0 saturated heterocycles. The predicted molar refractivity (Wildman–Crippen MR) is 121 cm³/mol. The monoisotopic (exact) mass is 460 g/mol. The molecule has 5 aromatic rings. The number of alkyl halides is 2. The molecule has 0 atom stereocenters. The Morgan fingerprint density at radius 1 is 0.882 bits per heavy atom. The van der Waals surface area contributed by atoms with Gasteiger partial charge in [0, 0.05) is 18.3 Å². The Kier molecular flexibility index (Phi) is 5.46. The fourth-order valence-corrected chi connectivity index (χ4v) is 3.67. The summed E-state index contributed by atoms with van der Waals surface area (Å²) in [5.74, 6) is -0.0694. The van der Waals surface area contributed by atoms with E-state index in [9.17, 15) is 13.6 Å². The van der Waals surface area contributed by atoms with Crippen molar-refractivity contribution < 1.29 is 13.5 Å². The number of benzene rings is 2. The van der Waals surface area contributed by atoms with E-state index in [0.29, 0.717) is 17.1 Å². The summed E-state index contributed by atoms with van der Waals surface area (Å²) in [7, 11) is 0. The van der Waals surface area contributed by atoms with Gasteiger partial charge in [-0.25, -0.2) is 14.0 Å². The summed E-state index contributed by atoms with van der Waals surface area (Å²) in [6.07, 6.45) is 4.58. The summed E-state index contributed by atoms with van der Waals surface area (Å²) >= 11 is 0. The lowest BCUT2D eigenvalue weighted by molar-refractivity contribution is -0.0544. The third kappa shape index (κ3) is 3.96. The molecule has 0 amide bonds. The third-order valence-electron chi connectivity index (χ3n) is 5.18. The lowest BCUT2D eigenvalue weighted by Gasteiger charge is -2.14. The largest absolute Gasteiger partial charge is 0.417 e. The van der Waals surface area contributed by atoms with Crippen molar-refractivity contribution in [2.45, 2.75) is 13.5 Å². The average Bonchev–Trinajstić information content (AvgIpc) is 3.50. The van der Waals surface area contributed by atoms with Crippen LogP contribution in [-0.2, 0) is 0 Å². The molecule has 170 valence electrons. The highest BCUT2D eigenvalue weighted by Gasteiger charge is 2.15. The summed E-state index contributed by atoms with van der Waals surface area (Å²) in [5.41, 5.74) is 3.41. The maximum Gasteiger partial charge on any atom is 0.388 e. The number of hydrogen-bond acceptors (Lipinski definition) is 5. The summed E-state index contributed by atoms with van der Waals surface area (Å²) in [4.78, 5) is 12.7. The van der Waals surface area contributed by atoms with E-state index in [4.69, 9.17) is 0 Å². The van der Waals surface area contributed by atoms with Gasteiger partial charge in [-0.1, -0.05) is 18.2 Å². The number of ether oxygens (including phenoxy) is 1. The molecule has 2 aromatic carbocycles. The molecule has 0 fully saturated rings. The second kappa shape index (κ2) is 8.74. The maximum absolute atomic E-state index is 12.7. The van der Waals surface area contributed by atoms with Gasteiger partial charge < -0.3 is 4.74 Å². The number of rotatable bonds is 6. The van der Waals surface area contributed by atoms with Gasteiger partial charge in [0.05, 0.1) is 35.1 Å². The topological polar surface area (TPSA) is 79.8 Å². The first kappa shape index (κ1) is 21.3. The van der Waals surface area contributed by atoms with Gasteiger partial charge in [0.1, 0.15) is 0 Å². The number of aromatic nitrogens is 6. The van der Waals surface area contributed by atoms with Gasteiger partial charge in [0.2, 0.25) is 11.3 Å². The van der Waals surface area contributed by atoms with Crippen LogP contribution in [0.2, 0.25) is 0 Å². The van der Waals surface area contributed by atoms with Gasteiger partial charge in [-0.05, 0) is 48.9 Å². The minimum Gasteiger partial charge on any atom is -0.417 e. The molecule has 0 saturated carbocycles. The Hall–Kier alpha value is -4.60. The third-order valence-corrected chi connectivity index (χ3v) is 5.18. The van der Waals surface area contributed by atoms with Crippen LogP contribution in [0.4, 0.5) is 8.78 Å². The molecule has 10 heteroatoms. The van der Waals surface area contributed by atoms with Gasteiger partial charge in [-0.3, -0.25) is 4.79 Å². The standard InChI is InChI=1S/C24H18F2N6O2/c1-16-15-18(32-22(10-13-28-32)34-24(25)26)7-8-19(16)30-14-11-21(33)23(29-30)20-9-12-27-31(20)17-5-3-2-4-6-17/h2-15,24H,1H3. The minimum atomic E-state index is -2.95. The molecule has 0 unspecified atom stereocenters. The summed E-state index contributed by atoms with van der Waals surface area (Å²) in [6.45, 7) is -1.10. The quantitative estimate of drug-likeness (QED) is 0.380. The average molecular weight is 460 g/mol. The molecule has 0 aliphatic heterocycles. The molecular weight excluding hydrogens is 442 g/mol. The van der Waals surface area contributed by atoms with Crippen LogP contribution in [0.15, 0.2) is 90.1 Å². The molecule has 8 nitrogen and oxygen atoms in total. The Bertz CT molecular complexity index is 1510. The van der Waals surface area contributed by atoms with Crippen molar-refractivity contribution in [2.75, 3.05) is 0 Å². The van der Waals surface area contributed by atoms with Gasteiger partial charge in [-0.2, -0.15) is 24.1 Å². The van der Waals surface area contributed by atoms with Crippen LogP contribution in [0.5, 0.6) is 5.88 Å². The zero-order chi connectivity index (χ0) is 23.7. The molecule has 5 rings (SSSR count). The minimum absolute atomic E-state index is 0.0694. The van der Waals surface area contributed by atoms with E-state index in [1.807, 2.05) is 37.3 Å². The SMILES string of the molecule is Cc1cc(-n2nccc2OC(F)F)ccc1-n1ccc(=O)c(-c2ccnn2-c2ccccc2)n1. The molecule has 0 radical (unpaired) electrons. The normalized spacial score (nSPS) is 11.2. The van der Waals surface area contributed by atoms with Crippen LogP contribution >= 0.6 is 0 Å². The van der Waals surface area contributed by atoms with E-state index >= 15 is 0 Å². The molecule has 0 spiro atoms. The Labute approximate surface area is 192 Å². The van der Waals surface area contributed by atoms with Crippen molar-refractivity contribution in [3.63, 3.8) is 0 Å². The van der Waals surface area contributed by atoms with Crippen molar-refractivity contribution >= 4 is 0 Å². The first-order valence-corrected chi connectivity index (χ1v) is 10.3. The number of aryl methyl sites for hydroxylation is 1. The van der Waals surface area contributed by atoms with Crippen LogP contribution in [0.3, 0.4) is 0 Å². The molecule has 0 aliphatic carbocycles. The van der Waals surface area contributed by atoms with E-state index in [0.717, 1.165) is 11.3 Å². The molecule has 0 N–H and O–H groups in total. The van der Waals surface area contributed by atoms with Crippen molar-refractivity contribution in [3.05, 3.63) is 101 Å². The second-order valence-corrected chi connectivity index (χ2v) is 7.37. The lowest BCUT2D eigenvalue weighted by atomic mass is 10.1. The molecule has 3 heterocycles. The predicted octanol–water partition coefficient (Wildman–Crippen LogP) is 4.18. The van der Waals surface area contributed by atoms with E-state index < -0.39 is 6.61 Å². The van der Waals surface area contributed by atoms with Gasteiger partial charge in [-0.15, -0.1) is 0 Å². The first-order valence-electron chi connectivity index (χ1n) is 10.3. The summed E-state index contributed by atoms with van der Waals surface area (Å²) in [5, 5.41) is 13.0. The lowest BCUT2D eigenvalue weighted by Crippen LogP contribution is -2.15. The summed E-state index contributed by atoms with van der Waals surface area (Å²) < 4.78 is 34.4. The van der Waals surface area contributed by atoms with Crippen LogP contribution in [0.25, 0.3) is 28.5 Å². The van der Waals surface area contributed by atoms with E-state index in [1.54, 1.807) is 46.0 Å². The van der Waals surface area contributed by atoms with Gasteiger partial charge >= 0.3 is 6.61 Å². The molecule has 34 heavy (non-hydrogen) atoms. The van der Waals surface area contributed by atoms with Crippen molar-refractivity contribution in [1.29, 1.82) is 0 Å². The highest BCUT2D eigenvalue weighted by Crippen LogP contribution is 2.24. The zero-order valence-corrected chi connectivity index (χ0v) is 17.9. The number of halogens is 2. The van der Waals surface area contributed by atoms with E-state index in [1.165, 1.54) is 23.0 Å². The number of nitrogens with zero attached hydrogens (tertiary/aromatic N) is 6. The van der Waals surface area contributed by atoms with Crippen molar-refractivity contribution in [3.8, 4) is 34.3 Å². The van der Waals surface area contributed by atoms with Gasteiger partial charge in [0.25, 0.3) is 0 Å². The molecule has 0 aliphatic rings. The van der Waals surface area contributed by atoms with Crippen molar-refractivity contribution in [1.82, 2.24) is 29.3 Å². The Balaban J connectivity index is 1.54.